The van der Waals surface area contributed by atoms with E-state index in [1.807, 2.05) is 0 Å². The topological polar surface area (TPSA) is 52.0 Å². The van der Waals surface area contributed by atoms with Crippen LogP contribution in [0.5, 0.6) is 0 Å². The minimum Gasteiger partial charge on any atom is -0.330 e. The van der Waals surface area contributed by atoms with Crippen LogP contribution in [0.15, 0.2) is 12.2 Å². The molecule has 2 bridgehead atoms. The van der Waals surface area contributed by atoms with E-state index in [1.165, 1.54) is 6.42 Å². The van der Waals surface area contributed by atoms with E-state index in [2.05, 4.69) is 12.2 Å². The Morgan fingerprint density at radius 2 is 2.00 bits per heavy atom. The van der Waals surface area contributed by atoms with Gasteiger partial charge in [0.25, 0.3) is 0 Å². The van der Waals surface area contributed by atoms with Crippen LogP contribution < -0.4 is 11.5 Å². The summed E-state index contributed by atoms with van der Waals surface area (Å²) in [5, 5.41) is 0. The highest BCUT2D eigenvalue weighted by Crippen LogP contribution is 2.41. The van der Waals surface area contributed by atoms with Crippen molar-refractivity contribution >= 4 is 0 Å². The van der Waals surface area contributed by atoms with Gasteiger partial charge in [-0.05, 0) is 30.7 Å². The highest BCUT2D eigenvalue weighted by molar-refractivity contribution is 5.15. The average molecular weight is 138 g/mol. The number of rotatable bonds is 1. The molecule has 0 aromatic carbocycles. The first kappa shape index (κ1) is 6.38. The molecule has 1 saturated carbocycles. The lowest BCUT2D eigenvalue weighted by atomic mass is 9.90. The smallest absolute Gasteiger partial charge is 0.0148 e. The van der Waals surface area contributed by atoms with Crippen molar-refractivity contribution in [1.82, 2.24) is 0 Å². The Hall–Kier alpha value is -0.340. The lowest BCUT2D eigenvalue weighted by molar-refractivity contribution is 0.403. The summed E-state index contributed by atoms with van der Waals surface area (Å²) < 4.78 is 0. The molecule has 4 atom stereocenters. The minimum absolute atomic E-state index is 0.347. The summed E-state index contributed by atoms with van der Waals surface area (Å²) in [6.45, 7) is 0.757. The Balaban J connectivity index is 2.18. The number of hydrogen-bond donors (Lipinski definition) is 2. The number of allylic oxidation sites excluding steroid dienone is 1. The van der Waals surface area contributed by atoms with E-state index in [0.717, 1.165) is 6.54 Å². The standard InChI is InChI=1S/C8H14N2/c9-4-7-5-1-2-6(3-5)8(7)10/h1-2,5-8H,3-4,9-10H2. The molecule has 10 heavy (non-hydrogen) atoms. The Morgan fingerprint density at radius 1 is 1.30 bits per heavy atom. The van der Waals surface area contributed by atoms with Crippen LogP contribution in [0.25, 0.3) is 0 Å². The van der Waals surface area contributed by atoms with Gasteiger partial charge in [-0.25, -0.2) is 0 Å². The molecular formula is C8H14N2. The minimum atomic E-state index is 0.347. The second kappa shape index (κ2) is 2.07. The van der Waals surface area contributed by atoms with Gasteiger partial charge in [0.2, 0.25) is 0 Å². The molecule has 2 rings (SSSR count). The van der Waals surface area contributed by atoms with Gasteiger partial charge in [-0.2, -0.15) is 0 Å². The van der Waals surface area contributed by atoms with Crippen molar-refractivity contribution in [3.63, 3.8) is 0 Å². The van der Waals surface area contributed by atoms with Gasteiger partial charge < -0.3 is 11.5 Å². The molecule has 2 heteroatoms. The number of nitrogens with two attached hydrogens (primary N) is 2. The second-order valence-corrected chi connectivity index (χ2v) is 3.43. The molecule has 0 aliphatic heterocycles. The quantitative estimate of drug-likeness (QED) is 0.505. The molecule has 1 fully saturated rings. The molecule has 0 aromatic heterocycles. The molecule has 0 heterocycles. The summed E-state index contributed by atoms with van der Waals surface area (Å²) in [5.74, 6) is 1.90. The third-order valence-corrected chi connectivity index (χ3v) is 2.96. The Labute approximate surface area is 61.3 Å². The number of hydrogen-bond acceptors (Lipinski definition) is 2. The monoisotopic (exact) mass is 138 g/mol. The summed E-state index contributed by atoms with van der Waals surface area (Å²) in [6, 6.07) is 0.347. The molecule has 0 saturated heterocycles. The van der Waals surface area contributed by atoms with Crippen LogP contribution in [0.4, 0.5) is 0 Å². The molecule has 2 aliphatic rings. The first-order valence-electron chi connectivity index (χ1n) is 3.97. The maximum absolute atomic E-state index is 5.94. The third kappa shape index (κ3) is 0.662. The van der Waals surface area contributed by atoms with E-state index in [9.17, 15) is 0 Å². The molecule has 4 N–H and O–H groups in total. The van der Waals surface area contributed by atoms with Crippen molar-refractivity contribution in [2.45, 2.75) is 12.5 Å². The van der Waals surface area contributed by atoms with Crippen LogP contribution in [0.3, 0.4) is 0 Å². The van der Waals surface area contributed by atoms with Crippen LogP contribution in [0.1, 0.15) is 6.42 Å². The van der Waals surface area contributed by atoms with E-state index in [0.29, 0.717) is 23.8 Å². The molecule has 0 radical (unpaired) electrons. The summed E-state index contributed by atoms with van der Waals surface area (Å²) in [7, 11) is 0. The van der Waals surface area contributed by atoms with Gasteiger partial charge in [-0.15, -0.1) is 0 Å². The van der Waals surface area contributed by atoms with E-state index < -0.39 is 0 Å². The second-order valence-electron chi connectivity index (χ2n) is 3.43. The largest absolute Gasteiger partial charge is 0.330 e. The first-order valence-corrected chi connectivity index (χ1v) is 3.97. The molecule has 0 amide bonds. The van der Waals surface area contributed by atoms with Gasteiger partial charge in [0, 0.05) is 6.04 Å². The highest BCUT2D eigenvalue weighted by atomic mass is 14.8. The van der Waals surface area contributed by atoms with E-state index >= 15 is 0 Å². The Bertz CT molecular complexity index is 165. The normalized spacial score (nSPS) is 50.6. The fraction of sp³-hybridized carbons (Fsp3) is 0.750. The Kier molecular flexibility index (Phi) is 1.32. The van der Waals surface area contributed by atoms with Crippen molar-refractivity contribution in [2.24, 2.45) is 29.2 Å². The van der Waals surface area contributed by atoms with Crippen LogP contribution in [-0.4, -0.2) is 12.6 Å². The SMILES string of the molecule is NCC1C2C=CC(C2)C1N. The van der Waals surface area contributed by atoms with Crippen LogP contribution in [0.2, 0.25) is 0 Å². The predicted octanol–water partition coefficient (Wildman–Crippen LogP) is 0.0945. The van der Waals surface area contributed by atoms with Crippen LogP contribution in [-0.2, 0) is 0 Å². The zero-order valence-corrected chi connectivity index (χ0v) is 6.03. The fourth-order valence-corrected chi connectivity index (χ4v) is 2.29. The molecular weight excluding hydrogens is 124 g/mol. The summed E-state index contributed by atoms with van der Waals surface area (Å²) in [4.78, 5) is 0. The zero-order valence-electron chi connectivity index (χ0n) is 6.03. The van der Waals surface area contributed by atoms with E-state index in [1.54, 1.807) is 0 Å². The van der Waals surface area contributed by atoms with Gasteiger partial charge in [0.05, 0.1) is 0 Å². The molecule has 56 valence electrons. The summed E-state index contributed by atoms with van der Waals surface area (Å²) >= 11 is 0. The average Bonchev–Trinajstić information content (AvgIpc) is 2.46. The van der Waals surface area contributed by atoms with E-state index in [-0.39, 0.29) is 0 Å². The van der Waals surface area contributed by atoms with Crippen LogP contribution in [0, 0.1) is 17.8 Å². The molecule has 4 unspecified atom stereocenters. The molecule has 2 nitrogen and oxygen atoms in total. The van der Waals surface area contributed by atoms with Gasteiger partial charge >= 0.3 is 0 Å². The van der Waals surface area contributed by atoms with E-state index in [4.69, 9.17) is 11.5 Å². The highest BCUT2D eigenvalue weighted by Gasteiger charge is 2.41. The first-order chi connectivity index (χ1) is 4.83. The van der Waals surface area contributed by atoms with Gasteiger partial charge in [0.1, 0.15) is 0 Å². The summed E-state index contributed by atoms with van der Waals surface area (Å²) in [5.41, 5.74) is 11.5. The fourth-order valence-electron chi connectivity index (χ4n) is 2.29. The number of fused-ring (bicyclic) bond motifs is 2. The maximum atomic E-state index is 5.94. The van der Waals surface area contributed by atoms with Crippen molar-refractivity contribution in [3.05, 3.63) is 12.2 Å². The lowest BCUT2D eigenvalue weighted by Crippen LogP contribution is -2.37. The van der Waals surface area contributed by atoms with Gasteiger partial charge in [0.15, 0.2) is 0 Å². The predicted molar refractivity (Wildman–Crippen MR) is 41.3 cm³/mol. The summed E-state index contributed by atoms with van der Waals surface area (Å²) in [6.07, 6.45) is 5.79. The van der Waals surface area contributed by atoms with Crippen molar-refractivity contribution in [3.8, 4) is 0 Å². The Morgan fingerprint density at radius 3 is 2.40 bits per heavy atom. The zero-order chi connectivity index (χ0) is 7.14. The van der Waals surface area contributed by atoms with Gasteiger partial charge in [-0.1, -0.05) is 12.2 Å². The molecule has 2 aliphatic carbocycles. The molecule has 0 aromatic rings. The van der Waals surface area contributed by atoms with Crippen molar-refractivity contribution < 1.29 is 0 Å². The lowest BCUT2D eigenvalue weighted by Gasteiger charge is -2.22. The third-order valence-electron chi connectivity index (χ3n) is 2.96. The maximum Gasteiger partial charge on any atom is 0.0148 e. The van der Waals surface area contributed by atoms with Gasteiger partial charge in [-0.3, -0.25) is 0 Å². The molecule has 0 spiro atoms. The van der Waals surface area contributed by atoms with Crippen molar-refractivity contribution in [2.75, 3.05) is 6.54 Å². The van der Waals surface area contributed by atoms with Crippen molar-refractivity contribution in [1.29, 1.82) is 0 Å². The van der Waals surface area contributed by atoms with Crippen LogP contribution >= 0.6 is 0 Å².